The maximum atomic E-state index is 13.1. The lowest BCUT2D eigenvalue weighted by Crippen LogP contribution is -2.43. The van der Waals surface area contributed by atoms with Crippen molar-refractivity contribution in [3.8, 4) is 0 Å². The molecule has 1 aliphatic rings. The van der Waals surface area contributed by atoms with Crippen molar-refractivity contribution < 1.29 is 9.59 Å². The van der Waals surface area contributed by atoms with Crippen LogP contribution < -0.4 is 4.90 Å². The van der Waals surface area contributed by atoms with Gasteiger partial charge in [0.15, 0.2) is 5.78 Å². The van der Waals surface area contributed by atoms with Crippen molar-refractivity contribution in [1.82, 2.24) is 0 Å². The number of halogens is 1. The van der Waals surface area contributed by atoms with Gasteiger partial charge < -0.3 is 4.90 Å². The summed E-state index contributed by atoms with van der Waals surface area (Å²) < 4.78 is 1.00. The van der Waals surface area contributed by atoms with Crippen LogP contribution >= 0.6 is 15.9 Å². The molecule has 1 atom stereocenters. The number of amides is 1. The van der Waals surface area contributed by atoms with Crippen molar-refractivity contribution >= 4 is 39.4 Å². The zero-order valence-electron chi connectivity index (χ0n) is 18.5. The van der Waals surface area contributed by atoms with Crippen LogP contribution in [0, 0.1) is 0 Å². The molecule has 1 unspecified atom stereocenters. The first-order valence-corrected chi connectivity index (χ1v) is 11.5. The second kappa shape index (κ2) is 8.87. The van der Waals surface area contributed by atoms with Gasteiger partial charge in [-0.3, -0.25) is 9.59 Å². The summed E-state index contributed by atoms with van der Waals surface area (Å²) in [7, 11) is 0. The number of rotatable bonds is 5. The van der Waals surface area contributed by atoms with E-state index >= 15 is 0 Å². The number of anilines is 1. The fourth-order valence-corrected chi connectivity index (χ4v) is 4.55. The molecule has 0 N–H and O–H groups in total. The Morgan fingerprint density at radius 2 is 1.72 bits per heavy atom. The number of nitrogens with zero attached hydrogens (tertiary/aromatic N) is 1. The number of carbonyl (C=O) groups excluding carboxylic acids is 2. The van der Waals surface area contributed by atoms with Crippen LogP contribution in [0.3, 0.4) is 0 Å². The van der Waals surface area contributed by atoms with E-state index < -0.39 is 0 Å². The topological polar surface area (TPSA) is 37.4 Å². The molecule has 3 aromatic carbocycles. The van der Waals surface area contributed by atoms with Crippen LogP contribution in [-0.2, 0) is 10.2 Å². The van der Waals surface area contributed by atoms with E-state index in [9.17, 15) is 9.59 Å². The summed E-state index contributed by atoms with van der Waals surface area (Å²) in [5.74, 6) is 0.0548. The van der Waals surface area contributed by atoms with Crippen LogP contribution in [0.4, 0.5) is 5.69 Å². The Morgan fingerprint density at radius 3 is 2.41 bits per heavy atom. The minimum absolute atomic E-state index is 0.0499. The number of benzene rings is 3. The molecule has 0 aromatic heterocycles. The summed E-state index contributed by atoms with van der Waals surface area (Å²) >= 11 is 3.42. The van der Waals surface area contributed by atoms with Gasteiger partial charge in [-0.2, -0.15) is 0 Å². The van der Waals surface area contributed by atoms with Gasteiger partial charge >= 0.3 is 0 Å². The molecule has 1 amide bonds. The molecule has 0 spiro atoms. The van der Waals surface area contributed by atoms with Gasteiger partial charge in [-0.25, -0.2) is 0 Å². The molecule has 1 aliphatic heterocycles. The number of ketones is 1. The summed E-state index contributed by atoms with van der Waals surface area (Å²) in [6, 6.07) is 23.5. The second-order valence-electron chi connectivity index (χ2n) is 8.89. The first kappa shape index (κ1) is 22.2. The molecule has 3 nitrogen and oxygen atoms in total. The van der Waals surface area contributed by atoms with Crippen molar-refractivity contribution in [2.24, 2.45) is 0 Å². The Kier molecular flexibility index (Phi) is 6.16. The number of hydrogen-bond donors (Lipinski definition) is 0. The molecule has 4 rings (SSSR count). The summed E-state index contributed by atoms with van der Waals surface area (Å²) in [5, 5.41) is 0. The highest BCUT2D eigenvalue weighted by Gasteiger charge is 2.39. The maximum Gasteiger partial charge on any atom is 0.228 e. The lowest BCUT2D eigenvalue weighted by Gasteiger charge is -2.41. The molecule has 0 radical (unpaired) electrons. The minimum Gasteiger partial charge on any atom is -0.305 e. The third kappa shape index (κ3) is 4.46. The van der Waals surface area contributed by atoms with Crippen LogP contribution in [0.1, 0.15) is 60.3 Å². The largest absolute Gasteiger partial charge is 0.305 e. The van der Waals surface area contributed by atoms with Crippen LogP contribution in [-0.4, -0.2) is 11.7 Å². The Labute approximate surface area is 197 Å². The van der Waals surface area contributed by atoms with Crippen LogP contribution in [0.5, 0.6) is 0 Å². The first-order chi connectivity index (χ1) is 15.3. The fraction of sp³-hybridized carbons (Fsp3) is 0.214. The predicted octanol–water partition coefficient (Wildman–Crippen LogP) is 7.12. The molecule has 162 valence electrons. The smallest absolute Gasteiger partial charge is 0.228 e. The third-order valence-electron chi connectivity index (χ3n) is 6.10. The van der Waals surface area contributed by atoms with E-state index in [1.807, 2.05) is 83.8 Å². The quantitative estimate of drug-likeness (QED) is 0.283. The standard InChI is InChI=1S/C28H26BrNO2/c1-19(21-7-5-4-6-8-21)30-25-15-12-22(17-24(25)28(2,3)18-27(30)32)26(31)16-11-20-9-13-23(29)14-10-20/h4-17,19H,18H2,1-3H3. The predicted molar refractivity (Wildman–Crippen MR) is 134 cm³/mol. The molecule has 0 fully saturated rings. The van der Waals surface area contributed by atoms with Crippen molar-refractivity contribution in [2.45, 2.75) is 38.6 Å². The zero-order chi connectivity index (χ0) is 22.9. The molecule has 0 saturated heterocycles. The van der Waals surface area contributed by atoms with Gasteiger partial charge in [0.1, 0.15) is 0 Å². The molecule has 0 saturated carbocycles. The number of fused-ring (bicyclic) bond motifs is 1. The average Bonchev–Trinajstić information content (AvgIpc) is 2.78. The van der Waals surface area contributed by atoms with Gasteiger partial charge in [-0.1, -0.05) is 78.3 Å². The van der Waals surface area contributed by atoms with E-state index in [1.54, 1.807) is 6.08 Å². The normalized spacial score (nSPS) is 16.1. The van der Waals surface area contributed by atoms with Crippen molar-refractivity contribution in [3.05, 3.63) is 106 Å². The molecular weight excluding hydrogens is 462 g/mol. The van der Waals surface area contributed by atoms with Gasteiger partial charge in [-0.15, -0.1) is 0 Å². The summed E-state index contributed by atoms with van der Waals surface area (Å²) in [6.07, 6.45) is 3.84. The molecule has 0 bridgehead atoms. The number of hydrogen-bond acceptors (Lipinski definition) is 2. The lowest BCUT2D eigenvalue weighted by atomic mass is 9.76. The van der Waals surface area contributed by atoms with Crippen LogP contribution in [0.25, 0.3) is 6.08 Å². The highest BCUT2D eigenvalue weighted by molar-refractivity contribution is 9.10. The molecule has 4 heteroatoms. The van der Waals surface area contributed by atoms with Crippen LogP contribution in [0.2, 0.25) is 0 Å². The van der Waals surface area contributed by atoms with Crippen molar-refractivity contribution in [2.75, 3.05) is 4.90 Å². The molecule has 3 aromatic rings. The van der Waals surface area contributed by atoms with E-state index in [0.717, 1.165) is 26.9 Å². The lowest BCUT2D eigenvalue weighted by molar-refractivity contribution is -0.120. The van der Waals surface area contributed by atoms with Gasteiger partial charge in [0, 0.05) is 27.6 Å². The van der Waals surface area contributed by atoms with E-state index in [0.29, 0.717) is 12.0 Å². The van der Waals surface area contributed by atoms with E-state index in [4.69, 9.17) is 0 Å². The maximum absolute atomic E-state index is 13.1. The Hall–Kier alpha value is -2.98. The average molecular weight is 488 g/mol. The van der Waals surface area contributed by atoms with E-state index in [-0.39, 0.29) is 23.1 Å². The number of carbonyl (C=O) groups is 2. The van der Waals surface area contributed by atoms with Gasteiger partial charge in [0.2, 0.25) is 5.91 Å². The monoisotopic (exact) mass is 487 g/mol. The van der Waals surface area contributed by atoms with Gasteiger partial charge in [0.05, 0.1) is 6.04 Å². The Bertz CT molecular complexity index is 1180. The Morgan fingerprint density at radius 1 is 1.03 bits per heavy atom. The number of allylic oxidation sites excluding steroid dienone is 1. The first-order valence-electron chi connectivity index (χ1n) is 10.8. The summed E-state index contributed by atoms with van der Waals surface area (Å²) in [5.41, 5.74) is 4.26. The third-order valence-corrected chi connectivity index (χ3v) is 6.63. The van der Waals surface area contributed by atoms with Gasteiger partial charge in [0.25, 0.3) is 0 Å². The van der Waals surface area contributed by atoms with Crippen LogP contribution in [0.15, 0.2) is 83.3 Å². The van der Waals surface area contributed by atoms with Gasteiger partial charge in [-0.05, 0) is 60.0 Å². The molecule has 32 heavy (non-hydrogen) atoms. The Balaban J connectivity index is 1.68. The second-order valence-corrected chi connectivity index (χ2v) is 9.81. The fourth-order valence-electron chi connectivity index (χ4n) is 4.28. The molecule has 0 aliphatic carbocycles. The highest BCUT2D eigenvalue weighted by Crippen LogP contribution is 2.44. The zero-order valence-corrected chi connectivity index (χ0v) is 20.1. The highest BCUT2D eigenvalue weighted by atomic mass is 79.9. The van der Waals surface area contributed by atoms with Crippen molar-refractivity contribution in [1.29, 1.82) is 0 Å². The summed E-state index contributed by atoms with van der Waals surface area (Å²) in [4.78, 5) is 27.9. The van der Waals surface area contributed by atoms with E-state index in [1.165, 1.54) is 0 Å². The minimum atomic E-state index is -0.342. The molecule has 1 heterocycles. The SMILES string of the molecule is CC(c1ccccc1)N1C(=O)CC(C)(C)c2cc(C(=O)C=Cc3ccc(Br)cc3)ccc21. The van der Waals surface area contributed by atoms with Crippen molar-refractivity contribution in [3.63, 3.8) is 0 Å². The van der Waals surface area contributed by atoms with E-state index in [2.05, 4.69) is 36.7 Å². The molecular formula is C28H26BrNO2. The summed E-state index contributed by atoms with van der Waals surface area (Å²) in [6.45, 7) is 6.19.